The first-order chi connectivity index (χ1) is 14.6. The molecule has 0 saturated heterocycles. The number of para-hydroxylation sites is 2. The number of cyclic esters (lactones) is 1. The van der Waals surface area contributed by atoms with E-state index in [9.17, 15) is 9.59 Å². The number of carbonyl (C=O) groups is 2. The van der Waals surface area contributed by atoms with E-state index in [-0.39, 0.29) is 18.3 Å². The minimum absolute atomic E-state index is 0.0486. The largest absolute Gasteiger partial charge is 0.453 e. The summed E-state index contributed by atoms with van der Waals surface area (Å²) in [5, 5.41) is 0.605. The van der Waals surface area contributed by atoms with Crippen molar-refractivity contribution < 1.29 is 14.3 Å². The molecule has 1 aliphatic heterocycles. The number of hydrogen-bond acceptors (Lipinski definition) is 5. The van der Waals surface area contributed by atoms with Gasteiger partial charge in [0.1, 0.15) is 6.10 Å². The summed E-state index contributed by atoms with van der Waals surface area (Å²) in [6, 6.07) is 22.8. The highest BCUT2D eigenvalue weighted by Crippen LogP contribution is 2.38. The SMILES string of the molecule is Cc1ccccc1N(C(=O)CC1OC(=O)c2ccccc21)c1nc2ccccc2s1. The lowest BCUT2D eigenvalue weighted by Crippen LogP contribution is -2.28. The van der Waals surface area contributed by atoms with E-state index < -0.39 is 6.10 Å². The molecule has 0 spiro atoms. The van der Waals surface area contributed by atoms with Crippen LogP contribution >= 0.6 is 11.3 Å². The third-order valence-electron chi connectivity index (χ3n) is 5.22. The highest BCUT2D eigenvalue weighted by Gasteiger charge is 2.34. The molecule has 148 valence electrons. The maximum atomic E-state index is 13.5. The molecule has 1 unspecified atom stereocenters. The summed E-state index contributed by atoms with van der Waals surface area (Å²) in [5.74, 6) is -0.552. The molecule has 0 fully saturated rings. The molecule has 6 heteroatoms. The van der Waals surface area contributed by atoms with E-state index in [2.05, 4.69) is 0 Å². The molecule has 1 aromatic heterocycles. The number of carbonyl (C=O) groups excluding carboxylic acids is 2. The van der Waals surface area contributed by atoms with Gasteiger partial charge in [0, 0.05) is 5.56 Å². The highest BCUT2D eigenvalue weighted by atomic mass is 32.1. The van der Waals surface area contributed by atoms with Crippen molar-refractivity contribution in [1.82, 2.24) is 4.98 Å². The first kappa shape index (κ1) is 18.5. The fourth-order valence-corrected chi connectivity index (χ4v) is 4.73. The molecule has 0 saturated carbocycles. The van der Waals surface area contributed by atoms with Gasteiger partial charge in [0.2, 0.25) is 5.91 Å². The first-order valence-electron chi connectivity index (χ1n) is 9.66. The van der Waals surface area contributed by atoms with Crippen molar-refractivity contribution in [1.29, 1.82) is 0 Å². The third-order valence-corrected chi connectivity index (χ3v) is 6.24. The molecule has 3 aromatic carbocycles. The summed E-state index contributed by atoms with van der Waals surface area (Å²) in [6.07, 6.45) is -0.547. The van der Waals surface area contributed by atoms with Gasteiger partial charge in [0.15, 0.2) is 5.13 Å². The number of aromatic nitrogens is 1. The lowest BCUT2D eigenvalue weighted by Gasteiger charge is -2.23. The lowest BCUT2D eigenvalue weighted by atomic mass is 10.0. The summed E-state index contributed by atoms with van der Waals surface area (Å²) >= 11 is 1.47. The van der Waals surface area contributed by atoms with Crippen LogP contribution in [0.1, 0.15) is 34.0 Å². The lowest BCUT2D eigenvalue weighted by molar-refractivity contribution is -0.119. The van der Waals surface area contributed by atoms with Crippen LogP contribution in [0.4, 0.5) is 10.8 Å². The van der Waals surface area contributed by atoms with Crippen LogP contribution in [0.2, 0.25) is 0 Å². The molecule has 5 nitrogen and oxygen atoms in total. The molecule has 4 aromatic rings. The van der Waals surface area contributed by atoms with Gasteiger partial charge in [0.25, 0.3) is 0 Å². The van der Waals surface area contributed by atoms with Gasteiger partial charge in [-0.25, -0.2) is 9.78 Å². The first-order valence-corrected chi connectivity index (χ1v) is 10.5. The van der Waals surface area contributed by atoms with Crippen LogP contribution in [0.25, 0.3) is 10.2 Å². The maximum Gasteiger partial charge on any atom is 0.339 e. The zero-order valence-electron chi connectivity index (χ0n) is 16.2. The Kier molecular flexibility index (Phi) is 4.56. The third kappa shape index (κ3) is 3.15. The molecule has 0 bridgehead atoms. The quantitative estimate of drug-likeness (QED) is 0.410. The molecule has 0 radical (unpaired) electrons. The Morgan fingerprint density at radius 3 is 2.60 bits per heavy atom. The number of rotatable bonds is 4. The summed E-state index contributed by atoms with van der Waals surface area (Å²) in [7, 11) is 0. The van der Waals surface area contributed by atoms with E-state index in [4.69, 9.17) is 9.72 Å². The van der Waals surface area contributed by atoms with Gasteiger partial charge in [-0.15, -0.1) is 0 Å². The van der Waals surface area contributed by atoms with Crippen molar-refractivity contribution in [3.63, 3.8) is 0 Å². The number of esters is 1. The number of anilines is 2. The second-order valence-corrected chi connectivity index (χ2v) is 8.17. The molecule has 30 heavy (non-hydrogen) atoms. The normalized spacial score (nSPS) is 15.1. The van der Waals surface area contributed by atoms with Crippen LogP contribution in [0.3, 0.4) is 0 Å². The van der Waals surface area contributed by atoms with Crippen LogP contribution in [-0.2, 0) is 9.53 Å². The average molecular weight is 414 g/mol. The number of ether oxygens (including phenoxy) is 1. The van der Waals surface area contributed by atoms with E-state index in [0.29, 0.717) is 10.7 Å². The molecule has 1 aliphatic rings. The molecule has 5 rings (SSSR count). The van der Waals surface area contributed by atoms with Gasteiger partial charge < -0.3 is 4.74 Å². The van der Waals surface area contributed by atoms with Crippen LogP contribution in [-0.4, -0.2) is 16.9 Å². The van der Waals surface area contributed by atoms with Crippen LogP contribution in [0, 0.1) is 6.92 Å². The number of fused-ring (bicyclic) bond motifs is 2. The average Bonchev–Trinajstić information content (AvgIpc) is 3.31. The van der Waals surface area contributed by atoms with E-state index in [0.717, 1.165) is 27.0 Å². The predicted molar refractivity (Wildman–Crippen MR) is 117 cm³/mol. The Hall–Kier alpha value is -3.51. The maximum absolute atomic E-state index is 13.5. The van der Waals surface area contributed by atoms with Crippen molar-refractivity contribution in [2.24, 2.45) is 0 Å². The molecule has 1 atom stereocenters. The van der Waals surface area contributed by atoms with Gasteiger partial charge in [-0.2, -0.15) is 0 Å². The molecular weight excluding hydrogens is 396 g/mol. The van der Waals surface area contributed by atoms with Crippen LogP contribution < -0.4 is 4.90 Å². The number of thiazole rings is 1. The fourth-order valence-electron chi connectivity index (χ4n) is 3.74. The number of hydrogen-bond donors (Lipinski definition) is 0. The Bertz CT molecular complexity index is 1250. The zero-order chi connectivity index (χ0) is 20.7. The van der Waals surface area contributed by atoms with Crippen molar-refractivity contribution in [3.8, 4) is 0 Å². The Morgan fingerprint density at radius 1 is 1.03 bits per heavy atom. The second kappa shape index (κ2) is 7.39. The van der Waals surface area contributed by atoms with Gasteiger partial charge >= 0.3 is 5.97 Å². The highest BCUT2D eigenvalue weighted by molar-refractivity contribution is 7.22. The van der Waals surface area contributed by atoms with Crippen molar-refractivity contribution in [2.45, 2.75) is 19.4 Å². The van der Waals surface area contributed by atoms with Crippen LogP contribution in [0.5, 0.6) is 0 Å². The fraction of sp³-hybridized carbons (Fsp3) is 0.125. The number of benzene rings is 3. The minimum atomic E-state index is -0.595. The van der Waals surface area contributed by atoms with E-state index in [1.54, 1.807) is 17.0 Å². The summed E-state index contributed by atoms with van der Waals surface area (Å²) in [4.78, 5) is 32.1. The van der Waals surface area contributed by atoms with Crippen LogP contribution in [0.15, 0.2) is 72.8 Å². The summed E-state index contributed by atoms with van der Waals surface area (Å²) < 4.78 is 6.52. The Morgan fingerprint density at radius 2 is 1.77 bits per heavy atom. The van der Waals surface area contributed by atoms with Crippen molar-refractivity contribution >= 4 is 44.2 Å². The molecular formula is C24H18N2O3S. The molecule has 1 amide bonds. The van der Waals surface area contributed by atoms with E-state index in [1.165, 1.54) is 11.3 Å². The summed E-state index contributed by atoms with van der Waals surface area (Å²) in [5.41, 5.74) is 3.87. The number of amides is 1. The Balaban J connectivity index is 1.55. The number of nitrogens with zero attached hydrogens (tertiary/aromatic N) is 2. The summed E-state index contributed by atoms with van der Waals surface area (Å²) in [6.45, 7) is 1.97. The van der Waals surface area contributed by atoms with Gasteiger partial charge in [-0.1, -0.05) is 59.9 Å². The Labute approximate surface area is 177 Å². The van der Waals surface area contributed by atoms with Crippen molar-refractivity contribution in [3.05, 3.63) is 89.5 Å². The standard InChI is InChI=1S/C24H18N2O3S/c1-15-8-2-6-12-19(15)26(24-25-18-11-5-7-13-21(18)30-24)22(27)14-20-16-9-3-4-10-17(16)23(28)29-20/h2-13,20H,14H2,1H3. The van der Waals surface area contributed by atoms with Gasteiger partial charge in [-0.05, 0) is 36.8 Å². The molecule has 0 aliphatic carbocycles. The van der Waals surface area contributed by atoms with Gasteiger partial charge in [-0.3, -0.25) is 9.69 Å². The topological polar surface area (TPSA) is 59.5 Å². The molecule has 0 N–H and O–H groups in total. The van der Waals surface area contributed by atoms with Crippen molar-refractivity contribution in [2.75, 3.05) is 4.90 Å². The monoisotopic (exact) mass is 414 g/mol. The predicted octanol–water partition coefficient (Wildman–Crippen LogP) is 5.57. The van der Waals surface area contributed by atoms with E-state index >= 15 is 0 Å². The smallest absolute Gasteiger partial charge is 0.339 e. The zero-order valence-corrected chi connectivity index (χ0v) is 17.1. The molecule has 2 heterocycles. The van der Waals surface area contributed by atoms with Gasteiger partial charge in [0.05, 0.1) is 27.9 Å². The minimum Gasteiger partial charge on any atom is -0.453 e. The van der Waals surface area contributed by atoms with E-state index in [1.807, 2.05) is 67.6 Å². The number of aryl methyl sites for hydroxylation is 1. The second-order valence-electron chi connectivity index (χ2n) is 7.17.